The third kappa shape index (κ3) is 8.92. The molecule has 1 heterocycles. The number of hydrogen-bond donors (Lipinski definition) is 0. The highest BCUT2D eigenvalue weighted by Crippen LogP contribution is 2.35. The standard InChI is InChI=1S/C35H46O7/c1-4-7-8-10-25-12-14-26(15-13-25)11-9-24-40-30-22-20-28(21-23-30)27-16-18-29(19-17-27)35-41-31(33(36)38-5-2)32(42-35)34(37)39-6-3/h9,11,16-23,25-26,31-32,35H,4-8,10,12-15,24H2,1-3H3/b11-9+. The molecule has 0 spiro atoms. The van der Waals surface area contributed by atoms with Gasteiger partial charge in [-0.1, -0.05) is 81.2 Å². The lowest BCUT2D eigenvalue weighted by Crippen LogP contribution is -2.39. The van der Waals surface area contributed by atoms with Crippen LogP contribution < -0.4 is 4.74 Å². The van der Waals surface area contributed by atoms with Gasteiger partial charge in [-0.05, 0) is 74.6 Å². The van der Waals surface area contributed by atoms with Gasteiger partial charge in [-0.3, -0.25) is 0 Å². The van der Waals surface area contributed by atoms with Crippen molar-refractivity contribution in [2.24, 2.45) is 11.8 Å². The quantitative estimate of drug-likeness (QED) is 0.130. The Balaban J connectivity index is 1.25. The largest absolute Gasteiger partial charge is 0.490 e. The number of ether oxygens (including phenoxy) is 5. The minimum absolute atomic E-state index is 0.175. The molecule has 1 saturated heterocycles. The lowest BCUT2D eigenvalue weighted by atomic mass is 9.79. The molecule has 0 amide bonds. The van der Waals surface area contributed by atoms with E-state index in [2.05, 4.69) is 19.1 Å². The first-order valence-corrected chi connectivity index (χ1v) is 15.7. The number of benzene rings is 2. The second kappa shape index (κ2) is 16.5. The fourth-order valence-corrected chi connectivity index (χ4v) is 5.73. The Morgan fingerprint density at radius 3 is 1.90 bits per heavy atom. The van der Waals surface area contributed by atoms with Gasteiger partial charge in [0, 0.05) is 5.56 Å². The van der Waals surface area contributed by atoms with E-state index in [-0.39, 0.29) is 13.2 Å². The van der Waals surface area contributed by atoms with Crippen LogP contribution in [0.2, 0.25) is 0 Å². The summed E-state index contributed by atoms with van der Waals surface area (Å²) in [5.74, 6) is 1.17. The smallest absolute Gasteiger partial charge is 0.338 e. The van der Waals surface area contributed by atoms with Crippen LogP contribution in [0.1, 0.15) is 84.0 Å². The van der Waals surface area contributed by atoms with Gasteiger partial charge in [0.1, 0.15) is 12.4 Å². The minimum Gasteiger partial charge on any atom is -0.490 e. The average molecular weight is 579 g/mol. The van der Waals surface area contributed by atoms with Gasteiger partial charge in [0.15, 0.2) is 18.5 Å². The van der Waals surface area contributed by atoms with E-state index in [4.69, 9.17) is 23.7 Å². The Labute approximate surface area is 250 Å². The summed E-state index contributed by atoms with van der Waals surface area (Å²) < 4.78 is 27.7. The maximum atomic E-state index is 12.4. The maximum Gasteiger partial charge on any atom is 0.338 e. The van der Waals surface area contributed by atoms with Crippen LogP contribution in [0.4, 0.5) is 0 Å². The van der Waals surface area contributed by atoms with E-state index < -0.39 is 30.4 Å². The summed E-state index contributed by atoms with van der Waals surface area (Å²) in [7, 11) is 0. The molecule has 7 heteroatoms. The zero-order chi connectivity index (χ0) is 29.7. The molecular formula is C35H46O7. The molecule has 2 aromatic carbocycles. The first-order valence-electron chi connectivity index (χ1n) is 15.7. The zero-order valence-corrected chi connectivity index (χ0v) is 25.3. The predicted octanol–water partition coefficient (Wildman–Crippen LogP) is 7.58. The second-order valence-electron chi connectivity index (χ2n) is 11.1. The molecule has 228 valence electrons. The SMILES string of the molecule is CCCCCC1CCC(/C=C/COc2ccc(-c3ccc(C4OC(C(=O)OCC)C(C(=O)OCC)O4)cc3)cc2)CC1. The Kier molecular flexibility index (Phi) is 12.5. The van der Waals surface area contributed by atoms with E-state index in [9.17, 15) is 9.59 Å². The van der Waals surface area contributed by atoms with Crippen LogP contribution in [0.3, 0.4) is 0 Å². The molecule has 2 aliphatic rings. The molecule has 42 heavy (non-hydrogen) atoms. The highest BCUT2D eigenvalue weighted by molar-refractivity contribution is 5.86. The van der Waals surface area contributed by atoms with Crippen molar-refractivity contribution in [1.82, 2.24) is 0 Å². The molecule has 1 aliphatic carbocycles. The molecule has 0 N–H and O–H groups in total. The maximum absolute atomic E-state index is 12.4. The first kappa shape index (κ1) is 31.8. The molecule has 7 nitrogen and oxygen atoms in total. The molecule has 4 rings (SSSR count). The number of hydrogen-bond acceptors (Lipinski definition) is 7. The van der Waals surface area contributed by atoms with Gasteiger partial charge >= 0.3 is 11.9 Å². The van der Waals surface area contributed by atoms with Crippen molar-refractivity contribution in [2.45, 2.75) is 90.6 Å². The molecular weight excluding hydrogens is 532 g/mol. The van der Waals surface area contributed by atoms with Crippen molar-refractivity contribution >= 4 is 11.9 Å². The van der Waals surface area contributed by atoms with E-state index in [1.807, 2.05) is 48.5 Å². The van der Waals surface area contributed by atoms with Crippen molar-refractivity contribution in [3.05, 3.63) is 66.2 Å². The van der Waals surface area contributed by atoms with Crippen molar-refractivity contribution < 1.29 is 33.3 Å². The topological polar surface area (TPSA) is 80.3 Å². The Bertz CT molecular complexity index is 1110. The number of carbonyl (C=O) groups excluding carboxylic acids is 2. The van der Waals surface area contributed by atoms with Gasteiger partial charge < -0.3 is 23.7 Å². The second-order valence-corrected chi connectivity index (χ2v) is 11.1. The average Bonchev–Trinajstić information content (AvgIpc) is 3.47. The van der Waals surface area contributed by atoms with Crippen LogP contribution >= 0.6 is 0 Å². The Hall–Kier alpha value is -3.16. The van der Waals surface area contributed by atoms with Crippen LogP contribution in [0.5, 0.6) is 5.75 Å². The van der Waals surface area contributed by atoms with Crippen LogP contribution in [0.25, 0.3) is 11.1 Å². The van der Waals surface area contributed by atoms with Crippen LogP contribution in [-0.4, -0.2) is 44.0 Å². The molecule has 2 atom stereocenters. The third-order valence-corrected chi connectivity index (χ3v) is 8.09. The van der Waals surface area contributed by atoms with Gasteiger partial charge in [0.25, 0.3) is 0 Å². The van der Waals surface area contributed by atoms with Crippen molar-refractivity contribution in [3.8, 4) is 16.9 Å². The first-order chi connectivity index (χ1) is 20.5. The van der Waals surface area contributed by atoms with Gasteiger partial charge in [-0.15, -0.1) is 0 Å². The highest BCUT2D eigenvalue weighted by atomic mass is 16.8. The highest BCUT2D eigenvalue weighted by Gasteiger charge is 2.47. The van der Waals surface area contributed by atoms with E-state index in [1.54, 1.807) is 13.8 Å². The summed E-state index contributed by atoms with van der Waals surface area (Å²) in [6.07, 6.45) is 12.1. The molecule has 0 radical (unpaired) electrons. The Morgan fingerprint density at radius 2 is 1.36 bits per heavy atom. The minimum atomic E-state index is -1.17. The molecule has 0 bridgehead atoms. The number of allylic oxidation sites excluding steroid dienone is 1. The molecule has 2 aromatic rings. The summed E-state index contributed by atoms with van der Waals surface area (Å²) in [6, 6.07) is 15.7. The van der Waals surface area contributed by atoms with Gasteiger partial charge in [-0.25, -0.2) is 9.59 Å². The number of unbranched alkanes of at least 4 members (excludes halogenated alkanes) is 2. The van der Waals surface area contributed by atoms with Crippen LogP contribution in [-0.2, 0) is 28.5 Å². The van der Waals surface area contributed by atoms with E-state index in [1.165, 1.54) is 51.4 Å². The van der Waals surface area contributed by atoms with E-state index >= 15 is 0 Å². The van der Waals surface area contributed by atoms with Gasteiger partial charge in [0.05, 0.1) is 13.2 Å². The van der Waals surface area contributed by atoms with Crippen molar-refractivity contribution in [2.75, 3.05) is 19.8 Å². The molecule has 1 saturated carbocycles. The summed E-state index contributed by atoms with van der Waals surface area (Å²) in [5.41, 5.74) is 2.75. The van der Waals surface area contributed by atoms with E-state index in [0.29, 0.717) is 18.1 Å². The third-order valence-electron chi connectivity index (χ3n) is 8.09. The van der Waals surface area contributed by atoms with Crippen LogP contribution in [0.15, 0.2) is 60.7 Å². The zero-order valence-electron chi connectivity index (χ0n) is 25.3. The Morgan fingerprint density at radius 1 is 0.786 bits per heavy atom. The predicted molar refractivity (Wildman–Crippen MR) is 162 cm³/mol. The summed E-state index contributed by atoms with van der Waals surface area (Å²) in [6.45, 7) is 6.59. The van der Waals surface area contributed by atoms with Crippen molar-refractivity contribution in [3.63, 3.8) is 0 Å². The molecule has 0 aromatic heterocycles. The van der Waals surface area contributed by atoms with Crippen molar-refractivity contribution in [1.29, 1.82) is 0 Å². The normalized spacial score (nSPS) is 24.0. The lowest BCUT2D eigenvalue weighted by molar-refractivity contribution is -0.163. The fourth-order valence-electron chi connectivity index (χ4n) is 5.73. The van der Waals surface area contributed by atoms with E-state index in [0.717, 1.165) is 22.8 Å². The molecule has 1 aliphatic heterocycles. The fraction of sp³-hybridized carbons (Fsp3) is 0.543. The van der Waals surface area contributed by atoms with Gasteiger partial charge in [0.2, 0.25) is 0 Å². The monoisotopic (exact) mass is 578 g/mol. The van der Waals surface area contributed by atoms with Crippen LogP contribution in [0, 0.1) is 11.8 Å². The number of esters is 2. The summed E-state index contributed by atoms with van der Waals surface area (Å²) in [4.78, 5) is 24.7. The number of carbonyl (C=O) groups is 2. The van der Waals surface area contributed by atoms with Gasteiger partial charge in [-0.2, -0.15) is 0 Å². The summed E-state index contributed by atoms with van der Waals surface area (Å²) >= 11 is 0. The molecule has 2 fully saturated rings. The number of rotatable bonds is 14. The summed E-state index contributed by atoms with van der Waals surface area (Å²) in [5, 5.41) is 0. The lowest BCUT2D eigenvalue weighted by Gasteiger charge is -2.26. The molecule has 2 unspecified atom stereocenters.